The summed E-state index contributed by atoms with van der Waals surface area (Å²) in [6.07, 6.45) is -0.0505. The van der Waals surface area contributed by atoms with Crippen molar-refractivity contribution in [3.8, 4) is 17.2 Å². The number of halogens is 3. The van der Waals surface area contributed by atoms with E-state index in [4.69, 9.17) is 9.47 Å². The van der Waals surface area contributed by atoms with Crippen molar-refractivity contribution in [2.75, 3.05) is 13.7 Å². The predicted octanol–water partition coefficient (Wildman–Crippen LogP) is 6.06. The molecular formula is C26H21F3N2O4. The fourth-order valence-corrected chi connectivity index (χ4v) is 4.45. The fraction of sp³-hybridized carbons (Fsp3) is 0.192. The number of methoxy groups -OCH3 is 1. The number of nitrogens with zero attached hydrogens (tertiary/aromatic N) is 1. The Hall–Kier alpha value is -4.14. The monoisotopic (exact) mass is 482 g/mol. The molecule has 0 saturated heterocycles. The Morgan fingerprint density at radius 1 is 1.00 bits per heavy atom. The number of hydrogen-bond donors (Lipinski definition) is 1. The molecule has 3 aromatic carbocycles. The van der Waals surface area contributed by atoms with Crippen molar-refractivity contribution in [1.82, 2.24) is 9.88 Å². The highest BCUT2D eigenvalue weighted by Crippen LogP contribution is 2.39. The van der Waals surface area contributed by atoms with Gasteiger partial charge < -0.3 is 19.2 Å². The lowest BCUT2D eigenvalue weighted by atomic mass is 9.92. The number of ether oxygens (including phenoxy) is 3. The summed E-state index contributed by atoms with van der Waals surface area (Å²) >= 11 is 0. The molecule has 1 unspecified atom stereocenters. The van der Waals surface area contributed by atoms with E-state index in [1.165, 1.54) is 24.3 Å². The van der Waals surface area contributed by atoms with Crippen LogP contribution in [0.3, 0.4) is 0 Å². The summed E-state index contributed by atoms with van der Waals surface area (Å²) in [4.78, 5) is 18.1. The van der Waals surface area contributed by atoms with Crippen molar-refractivity contribution in [1.29, 1.82) is 0 Å². The van der Waals surface area contributed by atoms with Gasteiger partial charge in [0.1, 0.15) is 29.1 Å². The Kier molecular flexibility index (Phi) is 5.98. The average molecular weight is 482 g/mol. The lowest BCUT2D eigenvalue weighted by molar-refractivity contribution is -0.0498. The molecule has 0 aliphatic carbocycles. The van der Waals surface area contributed by atoms with Gasteiger partial charge in [0.15, 0.2) is 0 Å². The molecule has 5 rings (SSSR count). The van der Waals surface area contributed by atoms with E-state index < -0.39 is 18.7 Å². The zero-order chi connectivity index (χ0) is 24.5. The Bertz CT molecular complexity index is 1350. The van der Waals surface area contributed by atoms with Crippen LogP contribution < -0.4 is 14.2 Å². The molecule has 1 aliphatic heterocycles. The van der Waals surface area contributed by atoms with Gasteiger partial charge in [0.25, 0.3) is 0 Å². The summed E-state index contributed by atoms with van der Waals surface area (Å²) in [7, 11) is 1.54. The Morgan fingerprint density at radius 3 is 2.37 bits per heavy atom. The summed E-state index contributed by atoms with van der Waals surface area (Å²) in [6.45, 7) is -2.60. The number of fused-ring (bicyclic) bond motifs is 3. The molecule has 1 atom stereocenters. The van der Waals surface area contributed by atoms with E-state index in [9.17, 15) is 18.0 Å². The maximum atomic E-state index is 13.9. The standard InChI is InChI=1S/C26H21F3N2O4/c1-33-17-7-9-19(10-8-17)35-26(32)31-13-12-21-20-11-4-16(27)14-22(20)30-23(21)24(31)15-2-5-18(6-3-15)34-25(28)29/h2-11,14,24-25,30H,12-13H2,1H3. The van der Waals surface area contributed by atoms with Gasteiger partial charge in [-0.25, -0.2) is 9.18 Å². The molecule has 0 bridgehead atoms. The number of amides is 1. The lowest BCUT2D eigenvalue weighted by Gasteiger charge is -2.35. The predicted molar refractivity (Wildman–Crippen MR) is 123 cm³/mol. The Balaban J connectivity index is 1.53. The van der Waals surface area contributed by atoms with E-state index in [-0.39, 0.29) is 11.6 Å². The molecule has 180 valence electrons. The average Bonchev–Trinajstić information content (AvgIpc) is 3.21. The van der Waals surface area contributed by atoms with Gasteiger partial charge in [-0.2, -0.15) is 8.78 Å². The number of carbonyl (C=O) groups excluding carboxylic acids is 1. The quantitative estimate of drug-likeness (QED) is 0.375. The SMILES string of the molecule is COc1ccc(OC(=O)N2CCc3c([nH]c4cc(F)ccc34)C2c2ccc(OC(F)F)cc2)cc1. The summed E-state index contributed by atoms with van der Waals surface area (Å²) in [5.41, 5.74) is 2.95. The fourth-order valence-electron chi connectivity index (χ4n) is 4.45. The van der Waals surface area contributed by atoms with Crippen LogP contribution in [-0.2, 0) is 6.42 Å². The van der Waals surface area contributed by atoms with E-state index in [1.807, 2.05) is 0 Å². The van der Waals surface area contributed by atoms with E-state index in [1.54, 1.807) is 54.5 Å². The molecule has 0 saturated carbocycles. The molecule has 4 aromatic rings. The van der Waals surface area contributed by atoms with Gasteiger partial charge in [-0.15, -0.1) is 0 Å². The first-order valence-electron chi connectivity index (χ1n) is 10.9. The first-order chi connectivity index (χ1) is 16.9. The third-order valence-corrected chi connectivity index (χ3v) is 6.01. The van der Waals surface area contributed by atoms with Crippen LogP contribution in [0.1, 0.15) is 22.9 Å². The number of rotatable bonds is 5. The van der Waals surface area contributed by atoms with Gasteiger partial charge in [-0.1, -0.05) is 12.1 Å². The van der Waals surface area contributed by atoms with Gasteiger partial charge >= 0.3 is 12.7 Å². The van der Waals surface area contributed by atoms with Crippen LogP contribution in [0.4, 0.5) is 18.0 Å². The molecule has 0 spiro atoms. The number of carbonyl (C=O) groups is 1. The van der Waals surface area contributed by atoms with Crippen molar-refractivity contribution in [2.24, 2.45) is 0 Å². The van der Waals surface area contributed by atoms with Crippen molar-refractivity contribution >= 4 is 17.0 Å². The van der Waals surface area contributed by atoms with Gasteiger partial charge in [-0.3, -0.25) is 4.90 Å². The Morgan fingerprint density at radius 2 is 1.69 bits per heavy atom. The first-order valence-corrected chi connectivity index (χ1v) is 10.9. The normalized spacial score (nSPS) is 15.2. The summed E-state index contributed by atoms with van der Waals surface area (Å²) in [5, 5.41) is 0.868. The van der Waals surface area contributed by atoms with E-state index in [2.05, 4.69) is 9.72 Å². The van der Waals surface area contributed by atoms with Gasteiger partial charge in [-0.05, 0) is 72.1 Å². The topological polar surface area (TPSA) is 63.8 Å². The summed E-state index contributed by atoms with van der Waals surface area (Å²) in [5.74, 6) is 0.601. The van der Waals surface area contributed by atoms with Crippen molar-refractivity contribution in [3.63, 3.8) is 0 Å². The number of hydrogen-bond acceptors (Lipinski definition) is 4. The minimum atomic E-state index is -2.94. The molecule has 0 fully saturated rings. The van der Waals surface area contributed by atoms with Crippen LogP contribution in [-0.4, -0.2) is 36.2 Å². The second-order valence-corrected chi connectivity index (χ2v) is 8.04. The molecule has 1 aliphatic rings. The van der Waals surface area contributed by atoms with Crippen LogP contribution in [0.2, 0.25) is 0 Å². The molecule has 2 heterocycles. The second kappa shape index (κ2) is 9.25. The highest BCUT2D eigenvalue weighted by atomic mass is 19.3. The highest BCUT2D eigenvalue weighted by Gasteiger charge is 2.35. The van der Waals surface area contributed by atoms with Crippen molar-refractivity contribution < 1.29 is 32.2 Å². The van der Waals surface area contributed by atoms with E-state index >= 15 is 0 Å². The zero-order valence-corrected chi connectivity index (χ0v) is 18.6. The van der Waals surface area contributed by atoms with E-state index in [0.717, 1.165) is 10.9 Å². The Labute approximate surface area is 198 Å². The van der Waals surface area contributed by atoms with Gasteiger partial charge in [0.05, 0.1) is 7.11 Å². The number of aromatic amines is 1. The molecule has 1 N–H and O–H groups in total. The summed E-state index contributed by atoms with van der Waals surface area (Å²) < 4.78 is 54.3. The largest absolute Gasteiger partial charge is 0.497 e. The van der Waals surface area contributed by atoms with Crippen molar-refractivity contribution in [3.05, 3.63) is 89.4 Å². The van der Waals surface area contributed by atoms with Gasteiger partial charge in [0.2, 0.25) is 0 Å². The van der Waals surface area contributed by atoms with E-state index in [0.29, 0.717) is 41.2 Å². The first kappa shape index (κ1) is 22.6. The molecule has 0 radical (unpaired) electrons. The molecular weight excluding hydrogens is 461 g/mol. The number of aromatic nitrogens is 1. The molecule has 1 aromatic heterocycles. The van der Waals surface area contributed by atoms with Crippen LogP contribution >= 0.6 is 0 Å². The maximum absolute atomic E-state index is 13.9. The second-order valence-electron chi connectivity index (χ2n) is 8.04. The number of H-pyrrole nitrogens is 1. The molecule has 9 heteroatoms. The van der Waals surface area contributed by atoms with Crippen LogP contribution in [0.15, 0.2) is 66.7 Å². The zero-order valence-electron chi connectivity index (χ0n) is 18.6. The number of benzene rings is 3. The van der Waals surface area contributed by atoms with Crippen LogP contribution in [0.5, 0.6) is 17.2 Å². The van der Waals surface area contributed by atoms with Crippen LogP contribution in [0.25, 0.3) is 10.9 Å². The lowest BCUT2D eigenvalue weighted by Crippen LogP contribution is -2.42. The van der Waals surface area contributed by atoms with Crippen molar-refractivity contribution in [2.45, 2.75) is 19.1 Å². The maximum Gasteiger partial charge on any atom is 0.416 e. The number of nitrogens with one attached hydrogen (secondary N) is 1. The third-order valence-electron chi connectivity index (χ3n) is 6.01. The highest BCUT2D eigenvalue weighted by molar-refractivity contribution is 5.86. The smallest absolute Gasteiger partial charge is 0.416 e. The third kappa shape index (κ3) is 4.49. The molecule has 35 heavy (non-hydrogen) atoms. The minimum absolute atomic E-state index is 0.00543. The minimum Gasteiger partial charge on any atom is -0.497 e. The van der Waals surface area contributed by atoms with Gasteiger partial charge in [0, 0.05) is 23.1 Å². The van der Waals surface area contributed by atoms with Crippen LogP contribution in [0, 0.1) is 5.82 Å². The molecule has 1 amide bonds. The molecule has 6 nitrogen and oxygen atoms in total. The number of alkyl halides is 2. The summed E-state index contributed by atoms with van der Waals surface area (Å²) in [6, 6.07) is 16.6.